The molecule has 0 spiro atoms. The van der Waals surface area contributed by atoms with Crippen molar-refractivity contribution in [1.29, 1.82) is 0 Å². The molecule has 0 aliphatic carbocycles. The summed E-state index contributed by atoms with van der Waals surface area (Å²) in [5.41, 5.74) is 1.98. The predicted molar refractivity (Wildman–Crippen MR) is 151 cm³/mol. The molecule has 1 unspecified atom stereocenters. The number of hydrogen-bond acceptors (Lipinski definition) is 6. The van der Waals surface area contributed by atoms with E-state index < -0.39 is 17.5 Å². The molecule has 10 heteroatoms. The highest BCUT2D eigenvalue weighted by atomic mass is 35.5. The van der Waals surface area contributed by atoms with Crippen LogP contribution in [0.25, 0.3) is 10.9 Å². The molecule has 2 aromatic carbocycles. The molecule has 1 saturated heterocycles. The smallest absolute Gasteiger partial charge is 0.249 e. The standard InChI is InChI=1S/C28H32Cl2FN3O3S/c1-37-20-6-7-25-22(17-20)26(23(30)18-32-25)24(31)8-9-28(27(35)33-36)10-13-34(14-11-28)12-3-15-38-21-5-2-4-19(29)16-21/h2,4-7,16-18,24,36H,3,8-15H2,1H3,(H,33,35). The van der Waals surface area contributed by atoms with Gasteiger partial charge in [0.1, 0.15) is 11.9 Å². The number of ether oxygens (including phenoxy) is 1. The lowest BCUT2D eigenvalue weighted by atomic mass is 9.73. The van der Waals surface area contributed by atoms with Crippen molar-refractivity contribution in [2.45, 2.75) is 43.2 Å². The lowest BCUT2D eigenvalue weighted by Gasteiger charge is -2.40. The molecule has 1 aliphatic heterocycles. The van der Waals surface area contributed by atoms with Crippen LogP contribution < -0.4 is 10.2 Å². The molecule has 0 saturated carbocycles. The van der Waals surface area contributed by atoms with Gasteiger partial charge < -0.3 is 9.64 Å². The Morgan fingerprint density at radius 2 is 2.05 bits per heavy atom. The van der Waals surface area contributed by atoms with Gasteiger partial charge in [-0.2, -0.15) is 0 Å². The van der Waals surface area contributed by atoms with Gasteiger partial charge in [0.15, 0.2) is 0 Å². The zero-order chi connectivity index (χ0) is 27.1. The van der Waals surface area contributed by atoms with Gasteiger partial charge in [-0.1, -0.05) is 29.3 Å². The van der Waals surface area contributed by atoms with Crippen LogP contribution in [0, 0.1) is 5.41 Å². The van der Waals surface area contributed by atoms with E-state index in [0.717, 1.165) is 28.6 Å². The number of carbonyl (C=O) groups is 1. The van der Waals surface area contributed by atoms with Crippen molar-refractivity contribution < 1.29 is 19.1 Å². The lowest BCUT2D eigenvalue weighted by molar-refractivity contribution is -0.143. The minimum atomic E-state index is -1.40. The number of hydroxylamine groups is 1. The third kappa shape index (κ3) is 6.90. The molecule has 1 atom stereocenters. The number of pyridine rings is 1. The first-order valence-corrected chi connectivity index (χ1v) is 14.4. The number of rotatable bonds is 11. The Morgan fingerprint density at radius 3 is 2.76 bits per heavy atom. The first kappa shape index (κ1) is 28.9. The first-order chi connectivity index (χ1) is 18.3. The molecule has 38 heavy (non-hydrogen) atoms. The van der Waals surface area contributed by atoms with Crippen LogP contribution in [0.5, 0.6) is 5.75 Å². The summed E-state index contributed by atoms with van der Waals surface area (Å²) in [4.78, 5) is 20.6. The van der Waals surface area contributed by atoms with E-state index in [4.69, 9.17) is 27.9 Å². The van der Waals surface area contributed by atoms with Crippen LogP contribution in [0.15, 0.2) is 53.6 Å². The van der Waals surface area contributed by atoms with Crippen molar-refractivity contribution in [2.75, 3.05) is 32.5 Å². The number of carbonyl (C=O) groups excluding carboxylic acids is 1. The van der Waals surface area contributed by atoms with Crippen molar-refractivity contribution in [3.63, 3.8) is 0 Å². The van der Waals surface area contributed by atoms with Gasteiger partial charge in [-0.25, -0.2) is 9.87 Å². The van der Waals surface area contributed by atoms with Crippen LogP contribution >= 0.6 is 35.0 Å². The van der Waals surface area contributed by atoms with Crippen LogP contribution in [0.1, 0.15) is 43.8 Å². The first-order valence-electron chi connectivity index (χ1n) is 12.7. The van der Waals surface area contributed by atoms with Gasteiger partial charge in [0.05, 0.1) is 23.1 Å². The quantitative estimate of drug-likeness (QED) is 0.109. The number of halogens is 3. The molecule has 1 aromatic heterocycles. The molecule has 2 heterocycles. The number of hydrogen-bond donors (Lipinski definition) is 2. The number of nitrogens with one attached hydrogen (secondary N) is 1. The second kappa shape index (κ2) is 13.3. The fourth-order valence-corrected chi connectivity index (χ4v) is 6.53. The van der Waals surface area contributed by atoms with Crippen LogP contribution in [-0.4, -0.2) is 53.5 Å². The Hall–Kier alpha value is -2.10. The Balaban J connectivity index is 1.35. The van der Waals surface area contributed by atoms with E-state index in [0.29, 0.717) is 54.6 Å². The molecule has 204 valence electrons. The van der Waals surface area contributed by atoms with E-state index in [1.807, 2.05) is 23.7 Å². The summed E-state index contributed by atoms with van der Waals surface area (Å²) in [5, 5.41) is 11.1. The summed E-state index contributed by atoms with van der Waals surface area (Å²) in [5.74, 6) is 1.10. The average molecular weight is 581 g/mol. The Morgan fingerprint density at radius 1 is 1.26 bits per heavy atom. The highest BCUT2D eigenvalue weighted by Gasteiger charge is 2.41. The van der Waals surface area contributed by atoms with E-state index in [-0.39, 0.29) is 11.4 Å². The van der Waals surface area contributed by atoms with E-state index in [1.165, 1.54) is 6.20 Å². The number of amides is 1. The minimum absolute atomic E-state index is 0.0970. The van der Waals surface area contributed by atoms with E-state index in [1.54, 1.807) is 37.1 Å². The summed E-state index contributed by atoms with van der Waals surface area (Å²) < 4.78 is 21.0. The predicted octanol–water partition coefficient (Wildman–Crippen LogP) is 7.11. The zero-order valence-corrected chi connectivity index (χ0v) is 23.6. The van der Waals surface area contributed by atoms with Gasteiger partial charge in [0.25, 0.3) is 0 Å². The Labute approximate surface area is 236 Å². The van der Waals surface area contributed by atoms with Crippen LogP contribution in [0.2, 0.25) is 10.0 Å². The fourth-order valence-electron chi connectivity index (χ4n) is 5.11. The van der Waals surface area contributed by atoms with Gasteiger partial charge in [0, 0.05) is 27.1 Å². The maximum atomic E-state index is 15.7. The van der Waals surface area contributed by atoms with E-state index >= 15 is 4.39 Å². The zero-order valence-electron chi connectivity index (χ0n) is 21.3. The largest absolute Gasteiger partial charge is 0.497 e. The second-order valence-electron chi connectivity index (χ2n) is 9.63. The lowest BCUT2D eigenvalue weighted by Crippen LogP contribution is -2.48. The van der Waals surface area contributed by atoms with E-state index in [2.05, 4.69) is 16.0 Å². The summed E-state index contributed by atoms with van der Waals surface area (Å²) in [6.45, 7) is 2.33. The summed E-state index contributed by atoms with van der Waals surface area (Å²) in [7, 11) is 1.55. The number of nitrogens with zero attached hydrogens (tertiary/aromatic N) is 2. The molecule has 6 nitrogen and oxygen atoms in total. The molecule has 1 amide bonds. The molecular weight excluding hydrogens is 548 g/mol. The van der Waals surface area contributed by atoms with Crippen molar-refractivity contribution >= 4 is 51.8 Å². The van der Waals surface area contributed by atoms with Crippen molar-refractivity contribution in [3.05, 3.63) is 64.3 Å². The molecule has 0 radical (unpaired) electrons. The van der Waals surface area contributed by atoms with Crippen LogP contribution in [-0.2, 0) is 4.79 Å². The Bertz CT molecular complexity index is 1260. The molecule has 1 fully saturated rings. The maximum absolute atomic E-state index is 15.7. The number of likely N-dealkylation sites (tertiary alicyclic amines) is 1. The number of benzene rings is 2. The fraction of sp³-hybridized carbons (Fsp3) is 0.429. The normalized spacial score (nSPS) is 16.3. The minimum Gasteiger partial charge on any atom is -0.497 e. The Kier molecular flexibility index (Phi) is 10.1. The van der Waals surface area contributed by atoms with Crippen molar-refractivity contribution in [2.24, 2.45) is 5.41 Å². The van der Waals surface area contributed by atoms with Gasteiger partial charge in [0.2, 0.25) is 5.91 Å². The number of aromatic nitrogens is 1. The second-order valence-corrected chi connectivity index (χ2v) is 11.6. The van der Waals surface area contributed by atoms with Crippen molar-refractivity contribution in [3.8, 4) is 5.75 Å². The summed E-state index contributed by atoms with van der Waals surface area (Å²) in [6.07, 6.45) is 2.55. The van der Waals surface area contributed by atoms with Gasteiger partial charge in [-0.05, 0) is 93.9 Å². The van der Waals surface area contributed by atoms with Crippen molar-refractivity contribution in [1.82, 2.24) is 15.4 Å². The van der Waals surface area contributed by atoms with Crippen LogP contribution in [0.4, 0.5) is 4.39 Å². The number of alkyl halides is 1. The molecule has 3 aromatic rings. The molecule has 2 N–H and O–H groups in total. The summed E-state index contributed by atoms with van der Waals surface area (Å²) in [6, 6.07) is 13.1. The van der Waals surface area contributed by atoms with Gasteiger partial charge >= 0.3 is 0 Å². The molecule has 0 bridgehead atoms. The van der Waals surface area contributed by atoms with Crippen LogP contribution in [0.3, 0.4) is 0 Å². The highest BCUT2D eigenvalue weighted by molar-refractivity contribution is 7.99. The third-order valence-corrected chi connectivity index (χ3v) is 8.95. The third-order valence-electron chi connectivity index (χ3n) is 7.34. The molecular formula is C28H32Cl2FN3O3S. The number of thioether (sulfide) groups is 1. The average Bonchev–Trinajstić information content (AvgIpc) is 2.94. The number of piperidine rings is 1. The van der Waals surface area contributed by atoms with Gasteiger partial charge in [-0.15, -0.1) is 11.8 Å². The van der Waals surface area contributed by atoms with Gasteiger partial charge in [-0.3, -0.25) is 15.0 Å². The number of methoxy groups -OCH3 is 1. The molecule has 4 rings (SSSR count). The summed E-state index contributed by atoms with van der Waals surface area (Å²) >= 11 is 14.2. The monoisotopic (exact) mass is 579 g/mol. The highest BCUT2D eigenvalue weighted by Crippen LogP contribution is 2.42. The maximum Gasteiger partial charge on any atom is 0.249 e. The topological polar surface area (TPSA) is 74.7 Å². The SMILES string of the molecule is COc1ccc2ncc(Cl)c(C(F)CCC3(C(=O)NO)CCN(CCCSc4cccc(Cl)c4)CC3)c2c1. The van der Waals surface area contributed by atoms with E-state index in [9.17, 15) is 10.0 Å². The number of fused-ring (bicyclic) bond motifs is 1. The molecule has 1 aliphatic rings.